The zero-order valence-corrected chi connectivity index (χ0v) is 15.5. The lowest BCUT2D eigenvalue weighted by molar-refractivity contribution is -0.126. The van der Waals surface area contributed by atoms with Gasteiger partial charge in [0.05, 0.1) is 6.04 Å². The minimum absolute atomic E-state index is 0.0103. The van der Waals surface area contributed by atoms with E-state index in [2.05, 4.69) is 35.4 Å². The van der Waals surface area contributed by atoms with E-state index >= 15 is 0 Å². The van der Waals surface area contributed by atoms with Crippen molar-refractivity contribution in [2.75, 3.05) is 18.0 Å². The van der Waals surface area contributed by atoms with Gasteiger partial charge in [0.25, 0.3) is 0 Å². The first-order chi connectivity index (χ1) is 12.5. The van der Waals surface area contributed by atoms with E-state index < -0.39 is 0 Å². The molecule has 26 heavy (non-hydrogen) atoms. The fraction of sp³-hybridized carbons (Fsp3) is 0.450. The van der Waals surface area contributed by atoms with Crippen LogP contribution in [0.3, 0.4) is 0 Å². The third-order valence-corrected chi connectivity index (χ3v) is 4.99. The summed E-state index contributed by atoms with van der Waals surface area (Å²) in [5.74, 6) is 1.09. The first kappa shape index (κ1) is 18.0. The fourth-order valence-electron chi connectivity index (χ4n) is 3.53. The van der Waals surface area contributed by atoms with Gasteiger partial charge in [-0.1, -0.05) is 24.3 Å². The fourth-order valence-corrected chi connectivity index (χ4v) is 3.53. The molecule has 0 spiro atoms. The van der Waals surface area contributed by atoms with Gasteiger partial charge in [-0.05, 0) is 37.8 Å². The molecule has 6 heteroatoms. The predicted molar refractivity (Wildman–Crippen MR) is 98.6 cm³/mol. The van der Waals surface area contributed by atoms with Crippen LogP contribution in [0.15, 0.2) is 28.7 Å². The molecule has 1 saturated heterocycles. The molecule has 136 valence electrons. The summed E-state index contributed by atoms with van der Waals surface area (Å²) in [7, 11) is 0. The van der Waals surface area contributed by atoms with Gasteiger partial charge < -0.3 is 14.6 Å². The summed E-state index contributed by atoms with van der Waals surface area (Å²) < 4.78 is 5.57. The Morgan fingerprint density at radius 1 is 1.35 bits per heavy atom. The number of nitrogens with zero attached hydrogens (tertiary/aromatic N) is 3. The van der Waals surface area contributed by atoms with Crippen molar-refractivity contribution < 1.29 is 9.21 Å². The second-order valence-corrected chi connectivity index (χ2v) is 6.85. The minimum atomic E-state index is -0.0210. The summed E-state index contributed by atoms with van der Waals surface area (Å²) in [4.78, 5) is 18.7. The number of carbonyl (C=O) groups is 1. The van der Waals surface area contributed by atoms with E-state index in [1.165, 1.54) is 5.56 Å². The third kappa shape index (κ3) is 3.72. The molecule has 1 aromatic heterocycles. The zero-order valence-electron chi connectivity index (χ0n) is 15.5. The average Bonchev–Trinajstić information content (AvgIpc) is 3.03. The van der Waals surface area contributed by atoms with Crippen LogP contribution in [0, 0.1) is 31.1 Å². The Bertz CT molecular complexity index is 829. The lowest BCUT2D eigenvalue weighted by atomic mass is 9.94. The van der Waals surface area contributed by atoms with Crippen LogP contribution in [-0.4, -0.2) is 24.0 Å². The van der Waals surface area contributed by atoms with Crippen LogP contribution in [0.5, 0.6) is 0 Å². The number of piperidine rings is 1. The lowest BCUT2D eigenvalue weighted by Gasteiger charge is -2.31. The van der Waals surface area contributed by atoms with Crippen molar-refractivity contribution in [1.82, 2.24) is 10.3 Å². The van der Waals surface area contributed by atoms with Gasteiger partial charge in [-0.25, -0.2) is 4.98 Å². The molecule has 0 radical (unpaired) electrons. The highest BCUT2D eigenvalue weighted by atomic mass is 16.4. The summed E-state index contributed by atoms with van der Waals surface area (Å²) in [6.45, 7) is 7.17. The van der Waals surface area contributed by atoms with Crippen LogP contribution in [0.2, 0.25) is 0 Å². The third-order valence-electron chi connectivity index (χ3n) is 4.99. The number of aromatic nitrogens is 1. The van der Waals surface area contributed by atoms with Crippen LogP contribution in [0.25, 0.3) is 0 Å². The molecule has 0 saturated carbocycles. The molecule has 1 aliphatic rings. The smallest absolute Gasteiger partial charge is 0.234 e. The van der Waals surface area contributed by atoms with E-state index in [0.29, 0.717) is 30.6 Å². The number of carbonyl (C=O) groups excluding carboxylic acids is 1. The topological polar surface area (TPSA) is 82.2 Å². The van der Waals surface area contributed by atoms with E-state index in [0.717, 1.165) is 18.4 Å². The highest BCUT2D eigenvalue weighted by molar-refractivity contribution is 5.79. The molecule has 1 atom stereocenters. The Kier molecular flexibility index (Phi) is 5.27. The standard InChI is InChI=1S/C20H24N4O2/c1-13-6-4-5-7-17(13)14(2)22-19(25)16-8-10-24(11-9-16)20-18(12-21)23-15(3)26-20/h4-7,14,16H,8-11H2,1-3H3,(H,22,25)/t14-/m0/s1. The molecule has 1 N–H and O–H groups in total. The van der Waals surface area contributed by atoms with Gasteiger partial charge >= 0.3 is 0 Å². The Hall–Kier alpha value is -2.81. The number of oxazole rings is 1. The van der Waals surface area contributed by atoms with Crippen molar-refractivity contribution in [3.8, 4) is 6.07 Å². The van der Waals surface area contributed by atoms with E-state index in [9.17, 15) is 4.79 Å². The molecule has 3 rings (SSSR count). The van der Waals surface area contributed by atoms with Crippen molar-refractivity contribution in [3.63, 3.8) is 0 Å². The van der Waals surface area contributed by atoms with E-state index in [4.69, 9.17) is 9.68 Å². The van der Waals surface area contributed by atoms with Crippen LogP contribution in [0.4, 0.5) is 5.88 Å². The summed E-state index contributed by atoms with van der Waals surface area (Å²) in [6.07, 6.45) is 1.47. The molecule has 0 unspecified atom stereocenters. The van der Waals surface area contributed by atoms with Crippen molar-refractivity contribution in [1.29, 1.82) is 5.26 Å². The highest BCUT2D eigenvalue weighted by Gasteiger charge is 2.29. The number of hydrogen-bond donors (Lipinski definition) is 1. The van der Waals surface area contributed by atoms with Gasteiger partial charge in [0, 0.05) is 25.9 Å². The second kappa shape index (κ2) is 7.61. The van der Waals surface area contributed by atoms with Crippen LogP contribution >= 0.6 is 0 Å². The molecule has 0 aliphatic carbocycles. The Labute approximate surface area is 153 Å². The maximum atomic E-state index is 12.6. The van der Waals surface area contributed by atoms with Crippen molar-refractivity contribution >= 4 is 11.8 Å². The Balaban J connectivity index is 1.58. The number of amides is 1. The Morgan fingerprint density at radius 3 is 2.69 bits per heavy atom. The van der Waals surface area contributed by atoms with Gasteiger partial charge in [0.15, 0.2) is 5.89 Å². The number of nitriles is 1. The van der Waals surface area contributed by atoms with Gasteiger partial charge in [-0.2, -0.15) is 5.26 Å². The lowest BCUT2D eigenvalue weighted by Crippen LogP contribution is -2.41. The van der Waals surface area contributed by atoms with E-state index in [1.807, 2.05) is 24.0 Å². The van der Waals surface area contributed by atoms with Gasteiger partial charge in [-0.3, -0.25) is 4.79 Å². The molecule has 1 fully saturated rings. The number of hydrogen-bond acceptors (Lipinski definition) is 5. The molecule has 1 aromatic carbocycles. The number of benzene rings is 1. The number of nitrogens with one attached hydrogen (secondary N) is 1. The summed E-state index contributed by atoms with van der Waals surface area (Å²) in [5.41, 5.74) is 2.65. The zero-order chi connectivity index (χ0) is 18.7. The molecule has 2 aromatic rings. The number of rotatable bonds is 4. The van der Waals surface area contributed by atoms with Crippen LogP contribution in [0.1, 0.15) is 48.5 Å². The first-order valence-electron chi connectivity index (χ1n) is 8.98. The van der Waals surface area contributed by atoms with Crippen molar-refractivity contribution in [3.05, 3.63) is 47.0 Å². The van der Waals surface area contributed by atoms with E-state index in [-0.39, 0.29) is 17.9 Å². The summed E-state index contributed by atoms with van der Waals surface area (Å²) >= 11 is 0. The molecule has 1 aliphatic heterocycles. The van der Waals surface area contributed by atoms with Crippen molar-refractivity contribution in [2.24, 2.45) is 5.92 Å². The number of anilines is 1. The summed E-state index contributed by atoms with van der Waals surface area (Å²) in [5, 5.41) is 12.3. The Morgan fingerprint density at radius 2 is 2.04 bits per heavy atom. The highest BCUT2D eigenvalue weighted by Crippen LogP contribution is 2.27. The van der Waals surface area contributed by atoms with Crippen molar-refractivity contribution in [2.45, 2.75) is 39.7 Å². The monoisotopic (exact) mass is 352 g/mol. The number of aryl methyl sites for hydroxylation is 2. The molecule has 2 heterocycles. The summed E-state index contributed by atoms with van der Waals surface area (Å²) in [6, 6.07) is 10.2. The SMILES string of the molecule is Cc1nc(C#N)c(N2CCC(C(=O)N[C@@H](C)c3ccccc3C)CC2)o1. The van der Waals surface area contributed by atoms with Gasteiger partial charge in [0.2, 0.25) is 17.5 Å². The quantitative estimate of drug-likeness (QED) is 0.913. The average molecular weight is 352 g/mol. The molecular formula is C20H24N4O2. The molecular weight excluding hydrogens is 328 g/mol. The van der Waals surface area contributed by atoms with Crippen LogP contribution in [-0.2, 0) is 4.79 Å². The van der Waals surface area contributed by atoms with Gasteiger partial charge in [-0.15, -0.1) is 0 Å². The van der Waals surface area contributed by atoms with Crippen LogP contribution < -0.4 is 10.2 Å². The first-order valence-corrected chi connectivity index (χ1v) is 8.98. The largest absolute Gasteiger partial charge is 0.424 e. The molecule has 0 bridgehead atoms. The minimum Gasteiger partial charge on any atom is -0.424 e. The maximum Gasteiger partial charge on any atom is 0.234 e. The van der Waals surface area contributed by atoms with E-state index in [1.54, 1.807) is 6.92 Å². The normalized spacial score (nSPS) is 16.2. The van der Waals surface area contributed by atoms with Gasteiger partial charge in [0.1, 0.15) is 6.07 Å². The molecule has 6 nitrogen and oxygen atoms in total. The maximum absolute atomic E-state index is 12.6. The predicted octanol–water partition coefficient (Wildman–Crippen LogP) is 3.26. The molecule has 1 amide bonds. The second-order valence-electron chi connectivity index (χ2n) is 6.85.